The van der Waals surface area contributed by atoms with Crippen molar-refractivity contribution >= 4 is 16.8 Å². The molecule has 1 aliphatic rings. The molecule has 3 aromatic rings. The van der Waals surface area contributed by atoms with Crippen molar-refractivity contribution in [1.82, 2.24) is 25.4 Å². The Bertz CT molecular complexity index is 860. The maximum absolute atomic E-state index is 12.6. The summed E-state index contributed by atoms with van der Waals surface area (Å²) < 4.78 is 0. The van der Waals surface area contributed by atoms with Crippen molar-refractivity contribution in [3.8, 4) is 0 Å². The molecule has 1 saturated heterocycles. The molecule has 6 nitrogen and oxygen atoms in total. The number of hydrogen-bond acceptors (Lipinski definition) is 4. The minimum absolute atomic E-state index is 0.106. The Balaban J connectivity index is 1.41. The van der Waals surface area contributed by atoms with E-state index in [1.165, 1.54) is 5.56 Å². The average Bonchev–Trinajstić information content (AvgIpc) is 3.07. The number of carbonyl (C=O) groups is 1. The minimum Gasteiger partial charge on any atom is -0.347 e. The lowest BCUT2D eigenvalue weighted by Crippen LogP contribution is -2.47. The van der Waals surface area contributed by atoms with Gasteiger partial charge >= 0.3 is 0 Å². The number of H-pyrrole nitrogens is 1. The van der Waals surface area contributed by atoms with E-state index in [9.17, 15) is 4.79 Å². The molecular formula is C19H21N5O. The van der Waals surface area contributed by atoms with Crippen LogP contribution in [0.5, 0.6) is 0 Å². The third-order valence-corrected chi connectivity index (χ3v) is 4.66. The predicted molar refractivity (Wildman–Crippen MR) is 96.1 cm³/mol. The minimum atomic E-state index is -0.106. The zero-order valence-electron chi connectivity index (χ0n) is 14.0. The number of nitrogens with one attached hydrogen (secondary N) is 2. The summed E-state index contributed by atoms with van der Waals surface area (Å²) in [7, 11) is 0. The average molecular weight is 335 g/mol. The second-order valence-corrected chi connectivity index (χ2v) is 6.53. The number of benzene rings is 1. The molecular weight excluding hydrogens is 314 g/mol. The van der Waals surface area contributed by atoms with Crippen LogP contribution in [0.1, 0.15) is 28.9 Å². The third-order valence-electron chi connectivity index (χ3n) is 4.66. The van der Waals surface area contributed by atoms with Crippen LogP contribution in [0.25, 0.3) is 10.9 Å². The number of carbonyl (C=O) groups excluding carboxylic acids is 1. The van der Waals surface area contributed by atoms with Crippen LogP contribution < -0.4 is 5.32 Å². The molecule has 1 unspecified atom stereocenters. The van der Waals surface area contributed by atoms with Crippen LogP contribution in [0.3, 0.4) is 0 Å². The van der Waals surface area contributed by atoms with Gasteiger partial charge in [-0.05, 0) is 37.1 Å². The van der Waals surface area contributed by atoms with Gasteiger partial charge < -0.3 is 5.32 Å². The van der Waals surface area contributed by atoms with Gasteiger partial charge in [0, 0.05) is 36.9 Å². The topological polar surface area (TPSA) is 73.9 Å². The molecule has 3 heterocycles. The van der Waals surface area contributed by atoms with E-state index >= 15 is 0 Å². The number of pyridine rings is 1. The van der Waals surface area contributed by atoms with E-state index < -0.39 is 0 Å². The summed E-state index contributed by atoms with van der Waals surface area (Å²) >= 11 is 0. The fourth-order valence-corrected chi connectivity index (χ4v) is 3.46. The zero-order chi connectivity index (χ0) is 17.1. The molecule has 1 amide bonds. The van der Waals surface area contributed by atoms with Crippen LogP contribution in [0.2, 0.25) is 0 Å². The number of fused-ring (bicyclic) bond motifs is 1. The lowest BCUT2D eigenvalue weighted by molar-refractivity contribution is 0.0897. The second-order valence-electron chi connectivity index (χ2n) is 6.53. The number of amides is 1. The van der Waals surface area contributed by atoms with Gasteiger partial charge in [-0.15, -0.1) is 0 Å². The van der Waals surface area contributed by atoms with E-state index in [1.54, 1.807) is 6.20 Å². The molecule has 4 rings (SSSR count). The van der Waals surface area contributed by atoms with E-state index in [4.69, 9.17) is 0 Å². The second kappa shape index (κ2) is 7.03. The molecule has 128 valence electrons. The molecule has 0 saturated carbocycles. The largest absolute Gasteiger partial charge is 0.347 e. The van der Waals surface area contributed by atoms with Gasteiger partial charge in [0.2, 0.25) is 0 Å². The van der Waals surface area contributed by atoms with Gasteiger partial charge in [0.1, 0.15) is 0 Å². The first kappa shape index (κ1) is 15.8. The van der Waals surface area contributed by atoms with Crippen molar-refractivity contribution in [3.05, 3.63) is 60.0 Å². The molecule has 1 aliphatic heterocycles. The van der Waals surface area contributed by atoms with Crippen molar-refractivity contribution in [2.45, 2.75) is 25.4 Å². The molecule has 1 fully saturated rings. The first-order chi connectivity index (χ1) is 12.3. The standard InChI is InChI=1S/C19H21N5O/c25-19(18-16-7-1-2-8-17(16)22-23-18)21-15-6-4-10-24(13-15)12-14-5-3-9-20-11-14/h1-3,5,7-9,11,15H,4,6,10,12-13H2,(H,21,25)(H,22,23). The number of para-hydroxylation sites is 1. The van der Waals surface area contributed by atoms with Gasteiger partial charge in [-0.25, -0.2) is 0 Å². The summed E-state index contributed by atoms with van der Waals surface area (Å²) in [6.07, 6.45) is 5.76. The maximum atomic E-state index is 12.6. The normalized spacial score (nSPS) is 18.3. The molecule has 1 atom stereocenters. The van der Waals surface area contributed by atoms with Crippen LogP contribution in [-0.4, -0.2) is 45.1 Å². The molecule has 25 heavy (non-hydrogen) atoms. The molecule has 6 heteroatoms. The van der Waals surface area contributed by atoms with Crippen LogP contribution in [0.15, 0.2) is 48.8 Å². The molecule has 0 bridgehead atoms. The first-order valence-electron chi connectivity index (χ1n) is 8.65. The Morgan fingerprint density at radius 1 is 1.28 bits per heavy atom. The fraction of sp³-hybridized carbons (Fsp3) is 0.316. The molecule has 0 radical (unpaired) electrons. The summed E-state index contributed by atoms with van der Waals surface area (Å²) in [6.45, 7) is 2.77. The smallest absolute Gasteiger partial charge is 0.272 e. The number of aromatic amines is 1. The van der Waals surface area contributed by atoms with Gasteiger partial charge in [0.25, 0.3) is 5.91 Å². The van der Waals surface area contributed by atoms with Gasteiger partial charge in [0.05, 0.1) is 5.52 Å². The van der Waals surface area contributed by atoms with Crippen LogP contribution in [0, 0.1) is 0 Å². The van der Waals surface area contributed by atoms with Crippen molar-refractivity contribution < 1.29 is 4.79 Å². The SMILES string of the molecule is O=C(NC1CCCN(Cc2cccnc2)C1)c1n[nH]c2ccccc12. The molecule has 0 aliphatic carbocycles. The van der Waals surface area contributed by atoms with Gasteiger partial charge in [-0.1, -0.05) is 24.3 Å². The number of rotatable bonds is 4. The van der Waals surface area contributed by atoms with E-state index in [2.05, 4.69) is 31.5 Å². The number of nitrogens with zero attached hydrogens (tertiary/aromatic N) is 3. The summed E-state index contributed by atoms with van der Waals surface area (Å²) in [4.78, 5) is 19.2. The van der Waals surface area contributed by atoms with E-state index in [0.29, 0.717) is 5.69 Å². The lowest BCUT2D eigenvalue weighted by atomic mass is 10.0. The molecule has 2 aromatic heterocycles. The summed E-state index contributed by atoms with van der Waals surface area (Å²) in [5.41, 5.74) is 2.56. The quantitative estimate of drug-likeness (QED) is 0.767. The number of piperidine rings is 1. The molecule has 2 N–H and O–H groups in total. The van der Waals surface area contributed by atoms with Crippen LogP contribution in [-0.2, 0) is 6.54 Å². The van der Waals surface area contributed by atoms with Crippen LogP contribution in [0.4, 0.5) is 0 Å². The Hall–Kier alpha value is -2.73. The van der Waals surface area contributed by atoms with Crippen molar-refractivity contribution in [2.75, 3.05) is 13.1 Å². The maximum Gasteiger partial charge on any atom is 0.272 e. The Labute approximate surface area is 146 Å². The zero-order valence-corrected chi connectivity index (χ0v) is 14.0. The monoisotopic (exact) mass is 335 g/mol. The number of aromatic nitrogens is 3. The Kier molecular flexibility index (Phi) is 4.43. The lowest BCUT2D eigenvalue weighted by Gasteiger charge is -2.33. The number of hydrogen-bond donors (Lipinski definition) is 2. The van der Waals surface area contributed by atoms with Gasteiger partial charge in [-0.2, -0.15) is 5.10 Å². The molecule has 1 aromatic carbocycles. The van der Waals surface area contributed by atoms with Crippen molar-refractivity contribution in [1.29, 1.82) is 0 Å². The van der Waals surface area contributed by atoms with E-state index in [1.807, 2.05) is 36.5 Å². The highest BCUT2D eigenvalue weighted by Gasteiger charge is 2.23. The summed E-state index contributed by atoms with van der Waals surface area (Å²) in [5.74, 6) is -0.106. The Morgan fingerprint density at radius 2 is 2.20 bits per heavy atom. The molecule has 0 spiro atoms. The van der Waals surface area contributed by atoms with E-state index in [-0.39, 0.29) is 11.9 Å². The highest BCUT2D eigenvalue weighted by molar-refractivity contribution is 6.04. The fourth-order valence-electron chi connectivity index (χ4n) is 3.46. The van der Waals surface area contributed by atoms with Gasteiger partial charge in [-0.3, -0.25) is 19.8 Å². The number of likely N-dealkylation sites (tertiary alicyclic amines) is 1. The van der Waals surface area contributed by atoms with E-state index in [0.717, 1.165) is 43.4 Å². The highest BCUT2D eigenvalue weighted by atomic mass is 16.2. The highest BCUT2D eigenvalue weighted by Crippen LogP contribution is 2.17. The van der Waals surface area contributed by atoms with Crippen molar-refractivity contribution in [3.63, 3.8) is 0 Å². The van der Waals surface area contributed by atoms with Gasteiger partial charge in [0.15, 0.2) is 5.69 Å². The van der Waals surface area contributed by atoms with Crippen molar-refractivity contribution in [2.24, 2.45) is 0 Å². The summed E-state index contributed by atoms with van der Waals surface area (Å²) in [5, 5.41) is 11.1. The third kappa shape index (κ3) is 3.53. The van der Waals surface area contributed by atoms with Crippen LogP contribution >= 0.6 is 0 Å². The first-order valence-corrected chi connectivity index (χ1v) is 8.65. The summed E-state index contributed by atoms with van der Waals surface area (Å²) in [6, 6.07) is 11.9. The Morgan fingerprint density at radius 3 is 3.08 bits per heavy atom. The predicted octanol–water partition coefficient (Wildman–Crippen LogP) is 2.35.